The van der Waals surface area contributed by atoms with Crippen molar-refractivity contribution in [2.24, 2.45) is 0 Å². The Labute approximate surface area is 170 Å². The predicted molar refractivity (Wildman–Crippen MR) is 111 cm³/mol. The van der Waals surface area contributed by atoms with Crippen LogP contribution in [-0.4, -0.2) is 51.9 Å². The lowest BCUT2D eigenvalue weighted by atomic mass is 10.2. The van der Waals surface area contributed by atoms with Gasteiger partial charge in [0.2, 0.25) is 0 Å². The van der Waals surface area contributed by atoms with Crippen molar-refractivity contribution in [1.29, 1.82) is 0 Å². The van der Waals surface area contributed by atoms with E-state index in [1.165, 1.54) is 11.9 Å². The van der Waals surface area contributed by atoms with E-state index in [0.29, 0.717) is 12.2 Å². The molecule has 1 saturated heterocycles. The molecule has 1 N–H and O–H groups in total. The molecule has 1 aromatic carbocycles. The van der Waals surface area contributed by atoms with Crippen LogP contribution in [0.1, 0.15) is 21.6 Å². The van der Waals surface area contributed by atoms with E-state index in [0.717, 1.165) is 44.1 Å². The molecular formula is C22H24N6O. The molecule has 1 amide bonds. The molecular weight excluding hydrogens is 364 g/mol. The summed E-state index contributed by atoms with van der Waals surface area (Å²) in [5.41, 5.74) is 2.66. The maximum absolute atomic E-state index is 12.5. The second kappa shape index (κ2) is 9.25. The summed E-state index contributed by atoms with van der Waals surface area (Å²) in [5, 5.41) is 2.88. The topological polar surface area (TPSA) is 74.2 Å². The molecule has 3 aromatic rings. The molecule has 148 valence electrons. The third-order valence-corrected chi connectivity index (χ3v) is 5.01. The van der Waals surface area contributed by atoms with Crippen molar-refractivity contribution in [3.05, 3.63) is 84.1 Å². The van der Waals surface area contributed by atoms with E-state index in [-0.39, 0.29) is 5.91 Å². The summed E-state index contributed by atoms with van der Waals surface area (Å²) in [4.78, 5) is 29.7. The highest BCUT2D eigenvalue weighted by Gasteiger charge is 2.19. The number of aromatic nitrogens is 3. The quantitative estimate of drug-likeness (QED) is 0.697. The van der Waals surface area contributed by atoms with E-state index >= 15 is 0 Å². The van der Waals surface area contributed by atoms with Gasteiger partial charge < -0.3 is 10.2 Å². The van der Waals surface area contributed by atoms with Gasteiger partial charge in [0.05, 0.1) is 0 Å². The van der Waals surface area contributed by atoms with E-state index < -0.39 is 0 Å². The van der Waals surface area contributed by atoms with Crippen LogP contribution in [-0.2, 0) is 13.1 Å². The number of carbonyl (C=O) groups is 1. The molecule has 0 bridgehead atoms. The standard InChI is InChI=1S/C22H24N6O/c29-22(24-15-19-7-4-8-23-14-19)20-13-21(26-17-25-20)28-11-9-27(10-12-28)16-18-5-2-1-3-6-18/h1-8,13-14,17H,9-12,15-16H2,(H,24,29). The number of pyridine rings is 1. The van der Waals surface area contributed by atoms with Crippen LogP contribution in [0.25, 0.3) is 0 Å². The normalized spacial score (nSPS) is 14.6. The van der Waals surface area contributed by atoms with Gasteiger partial charge in [-0.1, -0.05) is 36.4 Å². The van der Waals surface area contributed by atoms with Gasteiger partial charge in [0, 0.05) is 57.7 Å². The van der Waals surface area contributed by atoms with Crippen LogP contribution in [0.3, 0.4) is 0 Å². The first kappa shape index (κ1) is 19.0. The highest BCUT2D eigenvalue weighted by atomic mass is 16.1. The average molecular weight is 388 g/mol. The summed E-state index contributed by atoms with van der Waals surface area (Å²) in [6.07, 6.45) is 4.91. The smallest absolute Gasteiger partial charge is 0.270 e. The fraction of sp³-hybridized carbons (Fsp3) is 0.273. The Hall–Kier alpha value is -3.32. The Morgan fingerprint density at radius 2 is 1.76 bits per heavy atom. The van der Waals surface area contributed by atoms with E-state index in [1.54, 1.807) is 18.5 Å². The van der Waals surface area contributed by atoms with Crippen molar-refractivity contribution in [1.82, 2.24) is 25.2 Å². The first-order valence-corrected chi connectivity index (χ1v) is 9.78. The third kappa shape index (κ3) is 5.14. The van der Waals surface area contributed by atoms with Crippen molar-refractivity contribution in [3.63, 3.8) is 0 Å². The average Bonchev–Trinajstić information content (AvgIpc) is 2.79. The van der Waals surface area contributed by atoms with Crippen LogP contribution >= 0.6 is 0 Å². The molecule has 3 heterocycles. The maximum atomic E-state index is 12.5. The van der Waals surface area contributed by atoms with Gasteiger partial charge in [0.1, 0.15) is 17.8 Å². The van der Waals surface area contributed by atoms with Gasteiger partial charge in [0.15, 0.2) is 0 Å². The van der Waals surface area contributed by atoms with Gasteiger partial charge in [-0.15, -0.1) is 0 Å². The molecule has 0 aliphatic carbocycles. The SMILES string of the molecule is O=C(NCc1cccnc1)c1cc(N2CCN(Cc3ccccc3)CC2)ncn1. The molecule has 4 rings (SSSR count). The van der Waals surface area contributed by atoms with Crippen molar-refractivity contribution in [3.8, 4) is 0 Å². The summed E-state index contributed by atoms with van der Waals surface area (Å²) < 4.78 is 0. The molecule has 0 saturated carbocycles. The summed E-state index contributed by atoms with van der Waals surface area (Å²) >= 11 is 0. The number of anilines is 1. The number of hydrogen-bond donors (Lipinski definition) is 1. The van der Waals surface area contributed by atoms with E-state index in [9.17, 15) is 4.79 Å². The first-order chi connectivity index (χ1) is 14.3. The second-order valence-corrected chi connectivity index (χ2v) is 7.05. The lowest BCUT2D eigenvalue weighted by Crippen LogP contribution is -2.46. The Morgan fingerprint density at radius 1 is 0.966 bits per heavy atom. The van der Waals surface area contributed by atoms with E-state index in [2.05, 4.69) is 54.3 Å². The van der Waals surface area contributed by atoms with E-state index in [1.807, 2.05) is 18.2 Å². The number of hydrogen-bond acceptors (Lipinski definition) is 6. The van der Waals surface area contributed by atoms with Crippen molar-refractivity contribution < 1.29 is 4.79 Å². The van der Waals surface area contributed by atoms with Crippen LogP contribution in [0.4, 0.5) is 5.82 Å². The molecule has 29 heavy (non-hydrogen) atoms. The first-order valence-electron chi connectivity index (χ1n) is 9.78. The Kier molecular flexibility index (Phi) is 6.07. The van der Waals surface area contributed by atoms with Crippen LogP contribution in [0, 0.1) is 0 Å². The highest BCUT2D eigenvalue weighted by molar-refractivity contribution is 5.92. The number of carbonyl (C=O) groups excluding carboxylic acids is 1. The highest BCUT2D eigenvalue weighted by Crippen LogP contribution is 2.15. The van der Waals surface area contributed by atoms with Crippen LogP contribution < -0.4 is 10.2 Å². The predicted octanol–water partition coefficient (Wildman–Crippen LogP) is 2.12. The van der Waals surface area contributed by atoms with Crippen LogP contribution in [0.15, 0.2) is 67.3 Å². The molecule has 1 aliphatic rings. The molecule has 1 fully saturated rings. The summed E-state index contributed by atoms with van der Waals surface area (Å²) in [7, 11) is 0. The fourth-order valence-electron chi connectivity index (χ4n) is 3.40. The van der Waals surface area contributed by atoms with Crippen LogP contribution in [0.2, 0.25) is 0 Å². The molecule has 7 heteroatoms. The van der Waals surface area contributed by atoms with Gasteiger partial charge in [-0.25, -0.2) is 9.97 Å². The minimum atomic E-state index is -0.208. The van der Waals surface area contributed by atoms with Gasteiger partial charge >= 0.3 is 0 Å². The number of benzene rings is 1. The Morgan fingerprint density at radius 3 is 2.52 bits per heavy atom. The lowest BCUT2D eigenvalue weighted by molar-refractivity contribution is 0.0945. The van der Waals surface area contributed by atoms with Crippen molar-refractivity contribution in [2.45, 2.75) is 13.1 Å². The number of nitrogens with one attached hydrogen (secondary N) is 1. The minimum Gasteiger partial charge on any atom is -0.354 e. The Balaban J connectivity index is 1.32. The van der Waals surface area contributed by atoms with Gasteiger partial charge in [-0.2, -0.15) is 0 Å². The number of rotatable bonds is 6. The molecule has 0 unspecified atom stereocenters. The van der Waals surface area contributed by atoms with Gasteiger partial charge in [-0.3, -0.25) is 14.7 Å². The Bertz CT molecular complexity index is 926. The lowest BCUT2D eigenvalue weighted by Gasteiger charge is -2.35. The van der Waals surface area contributed by atoms with Gasteiger partial charge in [-0.05, 0) is 17.2 Å². The van der Waals surface area contributed by atoms with Gasteiger partial charge in [0.25, 0.3) is 5.91 Å². The molecule has 1 aliphatic heterocycles. The molecule has 2 aromatic heterocycles. The summed E-state index contributed by atoms with van der Waals surface area (Å²) in [6, 6.07) is 16.1. The zero-order valence-electron chi connectivity index (χ0n) is 16.2. The number of amides is 1. The summed E-state index contributed by atoms with van der Waals surface area (Å²) in [5.74, 6) is 0.589. The molecule has 0 radical (unpaired) electrons. The second-order valence-electron chi connectivity index (χ2n) is 7.05. The fourth-order valence-corrected chi connectivity index (χ4v) is 3.40. The zero-order valence-corrected chi connectivity index (χ0v) is 16.2. The maximum Gasteiger partial charge on any atom is 0.270 e. The molecule has 0 spiro atoms. The van der Waals surface area contributed by atoms with E-state index in [4.69, 9.17) is 0 Å². The summed E-state index contributed by atoms with van der Waals surface area (Å²) in [6.45, 7) is 5.05. The zero-order chi connectivity index (χ0) is 19.9. The third-order valence-electron chi connectivity index (χ3n) is 5.01. The van der Waals surface area contributed by atoms with Crippen molar-refractivity contribution in [2.75, 3.05) is 31.1 Å². The number of piperazine rings is 1. The largest absolute Gasteiger partial charge is 0.354 e. The minimum absolute atomic E-state index is 0.208. The molecule has 7 nitrogen and oxygen atoms in total. The monoisotopic (exact) mass is 388 g/mol. The van der Waals surface area contributed by atoms with Crippen LogP contribution in [0.5, 0.6) is 0 Å². The number of nitrogens with zero attached hydrogens (tertiary/aromatic N) is 5. The van der Waals surface area contributed by atoms with Crippen molar-refractivity contribution >= 4 is 11.7 Å². The molecule has 0 atom stereocenters.